The molecule has 0 radical (unpaired) electrons. The van der Waals surface area contributed by atoms with Gasteiger partial charge in [0.05, 0.1) is 0 Å². The van der Waals surface area contributed by atoms with Gasteiger partial charge < -0.3 is 15.1 Å². The number of benzene rings is 2. The zero-order chi connectivity index (χ0) is 12.4. The van der Waals surface area contributed by atoms with E-state index in [-0.39, 0.29) is 31.0 Å². The molecule has 0 aliphatic rings. The fraction of sp³-hybridized carbons (Fsp3) is 0.167. The maximum atomic E-state index is 10.6. The minimum absolute atomic E-state index is 0. The van der Waals surface area contributed by atoms with Crippen molar-refractivity contribution in [3.63, 3.8) is 0 Å². The molecule has 92 valence electrons. The van der Waals surface area contributed by atoms with Crippen LogP contribution < -0.4 is 38.6 Å². The number of anilines is 1. The van der Waals surface area contributed by atoms with E-state index in [1.165, 1.54) is 0 Å². The SMILES string of the molecule is CN(C)c1cccc2c(OS(=O)[O-])cccc12.[H-].[Na+]. The molecule has 2 aromatic rings. The third-order valence-electron chi connectivity index (χ3n) is 2.50. The van der Waals surface area contributed by atoms with Crippen LogP contribution in [0.4, 0.5) is 5.69 Å². The molecule has 0 spiro atoms. The van der Waals surface area contributed by atoms with Crippen LogP contribution in [0.1, 0.15) is 1.43 Å². The Morgan fingerprint density at radius 3 is 2.39 bits per heavy atom. The molecule has 0 fully saturated rings. The first kappa shape index (κ1) is 15.5. The Labute approximate surface area is 132 Å². The average Bonchev–Trinajstić information content (AvgIpc) is 2.28. The van der Waals surface area contributed by atoms with Crippen LogP contribution in [-0.2, 0) is 11.4 Å². The van der Waals surface area contributed by atoms with Crippen molar-refractivity contribution in [3.8, 4) is 5.75 Å². The fourth-order valence-corrected chi connectivity index (χ4v) is 2.09. The zero-order valence-electron chi connectivity index (χ0n) is 11.5. The van der Waals surface area contributed by atoms with Crippen LogP contribution in [0, 0.1) is 0 Å². The Bertz CT molecular complexity index is 580. The van der Waals surface area contributed by atoms with E-state index in [2.05, 4.69) is 0 Å². The third-order valence-corrected chi connectivity index (χ3v) is 2.81. The Balaban J connectivity index is 0.00000162. The summed E-state index contributed by atoms with van der Waals surface area (Å²) in [4.78, 5) is 1.97. The van der Waals surface area contributed by atoms with Gasteiger partial charge in [0, 0.05) is 30.6 Å². The summed E-state index contributed by atoms with van der Waals surface area (Å²) in [6.45, 7) is 0. The third kappa shape index (κ3) is 3.24. The minimum atomic E-state index is -2.55. The van der Waals surface area contributed by atoms with Gasteiger partial charge in [0.1, 0.15) is 17.1 Å². The van der Waals surface area contributed by atoms with E-state index < -0.39 is 11.4 Å². The van der Waals surface area contributed by atoms with Gasteiger partial charge in [-0.05, 0) is 12.1 Å². The van der Waals surface area contributed by atoms with Crippen molar-refractivity contribution in [2.75, 3.05) is 19.0 Å². The predicted molar refractivity (Wildman–Crippen MR) is 68.9 cm³/mol. The van der Waals surface area contributed by atoms with E-state index >= 15 is 0 Å². The van der Waals surface area contributed by atoms with Crippen LogP contribution in [-0.4, -0.2) is 22.9 Å². The van der Waals surface area contributed by atoms with E-state index in [1.54, 1.807) is 12.1 Å². The molecule has 1 unspecified atom stereocenters. The quantitative estimate of drug-likeness (QED) is 0.543. The van der Waals surface area contributed by atoms with Crippen molar-refractivity contribution in [2.24, 2.45) is 0 Å². The summed E-state index contributed by atoms with van der Waals surface area (Å²) >= 11 is -2.55. The smallest absolute Gasteiger partial charge is 1.00 e. The zero-order valence-corrected chi connectivity index (χ0v) is 13.4. The fourth-order valence-electron chi connectivity index (χ4n) is 1.80. The molecule has 18 heavy (non-hydrogen) atoms. The number of fused-ring (bicyclic) bond motifs is 1. The van der Waals surface area contributed by atoms with Crippen molar-refractivity contribution in [2.45, 2.75) is 0 Å². The Morgan fingerprint density at radius 1 is 1.17 bits per heavy atom. The van der Waals surface area contributed by atoms with Crippen LogP contribution in [0.25, 0.3) is 10.8 Å². The number of nitrogens with zero attached hydrogens (tertiary/aromatic N) is 1. The summed E-state index contributed by atoms with van der Waals surface area (Å²) in [6.07, 6.45) is 0. The maximum Gasteiger partial charge on any atom is 1.00 e. The molecule has 0 heterocycles. The van der Waals surface area contributed by atoms with Gasteiger partial charge in [0.25, 0.3) is 0 Å². The second kappa shape index (κ2) is 6.54. The van der Waals surface area contributed by atoms with Crippen molar-refractivity contribution in [1.29, 1.82) is 0 Å². The van der Waals surface area contributed by atoms with Crippen molar-refractivity contribution < 1.29 is 43.9 Å². The number of rotatable bonds is 3. The van der Waals surface area contributed by atoms with Gasteiger partial charge >= 0.3 is 29.6 Å². The molecule has 0 amide bonds. The Morgan fingerprint density at radius 2 is 1.78 bits per heavy atom. The van der Waals surface area contributed by atoms with Gasteiger partial charge in [-0.3, -0.25) is 0 Å². The maximum absolute atomic E-state index is 10.6. The van der Waals surface area contributed by atoms with Crippen LogP contribution in [0.2, 0.25) is 0 Å². The topological polar surface area (TPSA) is 52.6 Å². The first-order chi connectivity index (χ1) is 8.09. The molecule has 0 saturated heterocycles. The molecule has 1 atom stereocenters. The van der Waals surface area contributed by atoms with Crippen molar-refractivity contribution in [1.82, 2.24) is 0 Å². The van der Waals surface area contributed by atoms with Gasteiger partial charge in [-0.2, -0.15) is 0 Å². The average molecular weight is 274 g/mol. The predicted octanol–water partition coefficient (Wildman–Crippen LogP) is -0.805. The van der Waals surface area contributed by atoms with Gasteiger partial charge in [-0.25, -0.2) is 4.21 Å². The molecule has 0 N–H and O–H groups in total. The van der Waals surface area contributed by atoms with E-state index in [0.717, 1.165) is 16.5 Å². The molecule has 0 aromatic heterocycles. The van der Waals surface area contributed by atoms with E-state index in [4.69, 9.17) is 4.18 Å². The van der Waals surface area contributed by atoms with Crippen molar-refractivity contribution in [3.05, 3.63) is 36.4 Å². The van der Waals surface area contributed by atoms with Crippen LogP contribution in [0.3, 0.4) is 0 Å². The molecule has 0 aliphatic heterocycles. The Hall–Kier alpha value is -0.590. The van der Waals surface area contributed by atoms with Gasteiger partial charge in [0.15, 0.2) is 0 Å². The van der Waals surface area contributed by atoms with Gasteiger partial charge in [0.2, 0.25) is 0 Å². The minimum Gasteiger partial charge on any atom is -1.00 e. The molecule has 6 heteroatoms. The summed E-state index contributed by atoms with van der Waals surface area (Å²) in [6, 6.07) is 11.0. The standard InChI is InChI=1S/C12H13NO3S.Na.H/c1-13(2)11-7-3-6-10-9(11)5-4-8-12(10)16-17(14)15;;/h3-8H,1-2H3,(H,14,15);;/q;+1;-1/p-1. The van der Waals surface area contributed by atoms with Crippen LogP contribution >= 0.6 is 0 Å². The largest absolute Gasteiger partial charge is 1.00 e. The second-order valence-electron chi connectivity index (χ2n) is 3.81. The molecule has 4 nitrogen and oxygen atoms in total. The monoisotopic (exact) mass is 274 g/mol. The first-order valence-electron chi connectivity index (χ1n) is 5.06. The summed E-state index contributed by atoms with van der Waals surface area (Å²) in [5, 5.41) is 1.74. The summed E-state index contributed by atoms with van der Waals surface area (Å²) < 4.78 is 26.0. The van der Waals surface area contributed by atoms with Gasteiger partial charge in [-0.15, -0.1) is 0 Å². The van der Waals surface area contributed by atoms with Crippen LogP contribution in [0.15, 0.2) is 36.4 Å². The number of hydrogen-bond acceptors (Lipinski definition) is 4. The van der Waals surface area contributed by atoms with Crippen LogP contribution in [0.5, 0.6) is 5.75 Å². The molecule has 2 aromatic carbocycles. The summed E-state index contributed by atoms with van der Waals surface area (Å²) in [5.74, 6) is 0.347. The molecular weight excluding hydrogens is 261 g/mol. The van der Waals surface area contributed by atoms with E-state index in [1.807, 2.05) is 43.3 Å². The molecular formula is C12H13NNaO3S-. The second-order valence-corrected chi connectivity index (χ2v) is 4.39. The summed E-state index contributed by atoms with van der Waals surface area (Å²) in [5.41, 5.74) is 1.02. The van der Waals surface area contributed by atoms with Gasteiger partial charge in [-0.1, -0.05) is 24.3 Å². The number of hydrogen-bond donors (Lipinski definition) is 0. The molecule has 2 rings (SSSR count). The molecule has 0 bridgehead atoms. The van der Waals surface area contributed by atoms with Crippen molar-refractivity contribution >= 4 is 27.8 Å². The normalized spacial score (nSPS) is 11.7. The van der Waals surface area contributed by atoms with E-state index in [0.29, 0.717) is 5.75 Å². The molecule has 0 saturated carbocycles. The summed E-state index contributed by atoms with van der Waals surface area (Å²) in [7, 11) is 3.88. The molecule has 0 aliphatic carbocycles. The first-order valence-corrected chi connectivity index (χ1v) is 6.06. The van der Waals surface area contributed by atoms with E-state index in [9.17, 15) is 8.76 Å². The Kier molecular flexibility index (Phi) is 5.62.